The fraction of sp³-hybridized carbons (Fsp3) is 0.667. The van der Waals surface area contributed by atoms with Crippen LogP contribution in [0, 0.1) is 5.92 Å². The maximum Gasteiger partial charge on any atom is 0.0914 e. The van der Waals surface area contributed by atoms with Crippen LogP contribution < -0.4 is 5.32 Å². The minimum absolute atomic E-state index is 0.150. The fourth-order valence-corrected chi connectivity index (χ4v) is 2.63. The van der Waals surface area contributed by atoms with Crippen molar-refractivity contribution in [3.8, 4) is 0 Å². The minimum atomic E-state index is -0.461. The first-order valence-corrected chi connectivity index (χ1v) is 7.92. The van der Waals surface area contributed by atoms with E-state index < -0.39 is 6.10 Å². The van der Waals surface area contributed by atoms with Gasteiger partial charge in [-0.3, -0.25) is 0 Å². The van der Waals surface area contributed by atoms with E-state index >= 15 is 0 Å². The Hall–Kier alpha value is -0.900. The van der Waals surface area contributed by atoms with E-state index in [9.17, 15) is 5.11 Å². The Morgan fingerprint density at radius 1 is 1.24 bits per heavy atom. The topological polar surface area (TPSA) is 41.5 Å². The molecule has 1 fully saturated rings. The third-order valence-electron chi connectivity index (χ3n) is 4.27. The van der Waals surface area contributed by atoms with E-state index in [0.717, 1.165) is 18.1 Å². The molecule has 1 aliphatic carbocycles. The molecule has 0 amide bonds. The number of benzene rings is 1. The molecule has 0 radical (unpaired) electrons. The van der Waals surface area contributed by atoms with Gasteiger partial charge < -0.3 is 15.2 Å². The lowest BCUT2D eigenvalue weighted by Gasteiger charge is -2.22. The van der Waals surface area contributed by atoms with Crippen molar-refractivity contribution in [3.05, 3.63) is 35.4 Å². The number of ether oxygens (including phenoxy) is 1. The molecule has 2 unspecified atom stereocenters. The monoisotopic (exact) mass is 291 g/mol. The Morgan fingerprint density at radius 3 is 2.33 bits per heavy atom. The van der Waals surface area contributed by atoms with Gasteiger partial charge in [-0.05, 0) is 35.3 Å². The van der Waals surface area contributed by atoms with Gasteiger partial charge in [0.05, 0.1) is 12.7 Å². The van der Waals surface area contributed by atoms with E-state index in [2.05, 4.69) is 38.2 Å². The smallest absolute Gasteiger partial charge is 0.0914 e. The summed E-state index contributed by atoms with van der Waals surface area (Å²) in [6, 6.07) is 8.68. The number of methoxy groups -OCH3 is 1. The van der Waals surface area contributed by atoms with Crippen LogP contribution in [0.25, 0.3) is 0 Å². The van der Waals surface area contributed by atoms with Crippen molar-refractivity contribution in [2.45, 2.75) is 51.2 Å². The van der Waals surface area contributed by atoms with Gasteiger partial charge in [0.2, 0.25) is 0 Å². The van der Waals surface area contributed by atoms with Crippen LogP contribution in [0.2, 0.25) is 0 Å². The minimum Gasteiger partial charge on any atom is -0.387 e. The lowest BCUT2D eigenvalue weighted by molar-refractivity contribution is 0.132. The highest BCUT2D eigenvalue weighted by atomic mass is 16.5. The summed E-state index contributed by atoms with van der Waals surface area (Å²) in [5.74, 6) is 0.723. The molecule has 1 aromatic carbocycles. The van der Waals surface area contributed by atoms with Crippen molar-refractivity contribution in [2.24, 2.45) is 5.92 Å². The molecular weight excluding hydrogens is 262 g/mol. The zero-order valence-corrected chi connectivity index (χ0v) is 13.7. The lowest BCUT2D eigenvalue weighted by atomic mass is 9.86. The fourth-order valence-electron chi connectivity index (χ4n) is 2.63. The average molecular weight is 291 g/mol. The maximum atomic E-state index is 10.3. The summed E-state index contributed by atoms with van der Waals surface area (Å²) in [5.41, 5.74) is 2.42. The molecule has 1 saturated carbocycles. The quantitative estimate of drug-likeness (QED) is 0.811. The van der Waals surface area contributed by atoms with Crippen LogP contribution >= 0.6 is 0 Å². The van der Waals surface area contributed by atoms with E-state index in [4.69, 9.17) is 4.74 Å². The maximum absolute atomic E-state index is 10.3. The molecule has 0 bridgehead atoms. The van der Waals surface area contributed by atoms with E-state index in [1.54, 1.807) is 7.11 Å². The van der Waals surface area contributed by atoms with Crippen LogP contribution in [-0.2, 0) is 10.2 Å². The van der Waals surface area contributed by atoms with Gasteiger partial charge in [-0.1, -0.05) is 45.0 Å². The molecule has 0 spiro atoms. The Bertz CT molecular complexity index is 432. The van der Waals surface area contributed by atoms with Gasteiger partial charge in [0.15, 0.2) is 0 Å². The van der Waals surface area contributed by atoms with Crippen molar-refractivity contribution in [1.82, 2.24) is 5.32 Å². The predicted octanol–water partition coefficient (Wildman–Crippen LogP) is 3.03. The number of aliphatic hydroxyl groups excluding tert-OH is 1. The summed E-state index contributed by atoms with van der Waals surface area (Å²) >= 11 is 0. The van der Waals surface area contributed by atoms with Gasteiger partial charge in [0.25, 0.3) is 0 Å². The molecular formula is C18H29NO2. The molecule has 3 heteroatoms. The summed E-state index contributed by atoms with van der Waals surface area (Å²) in [5, 5.41) is 13.8. The van der Waals surface area contributed by atoms with E-state index in [0.29, 0.717) is 12.6 Å². The highest BCUT2D eigenvalue weighted by Gasteiger charge is 2.31. The van der Waals surface area contributed by atoms with Crippen LogP contribution in [-0.4, -0.2) is 31.4 Å². The first kappa shape index (κ1) is 16.5. The van der Waals surface area contributed by atoms with Crippen LogP contribution in [0.5, 0.6) is 0 Å². The Morgan fingerprint density at radius 2 is 1.86 bits per heavy atom. The molecule has 1 aliphatic rings. The standard InChI is InChI=1S/C18H29NO2/c1-18(2,3)15-9-7-14(8-10-15)17(20)11-19-16(12-21-4)13-5-6-13/h7-10,13,16-17,19-20H,5-6,11-12H2,1-4H3. The summed E-state index contributed by atoms with van der Waals surface area (Å²) in [7, 11) is 1.73. The summed E-state index contributed by atoms with van der Waals surface area (Å²) in [6.45, 7) is 7.90. The number of hydrogen-bond acceptors (Lipinski definition) is 3. The molecule has 21 heavy (non-hydrogen) atoms. The molecule has 0 saturated heterocycles. The molecule has 0 heterocycles. The number of nitrogens with one attached hydrogen (secondary N) is 1. The van der Waals surface area contributed by atoms with Crippen molar-refractivity contribution in [2.75, 3.05) is 20.3 Å². The summed E-state index contributed by atoms with van der Waals surface area (Å²) in [4.78, 5) is 0. The molecule has 2 rings (SSSR count). The molecule has 3 nitrogen and oxygen atoms in total. The van der Waals surface area contributed by atoms with Crippen molar-refractivity contribution in [3.63, 3.8) is 0 Å². The Kier molecular flexibility index (Phi) is 5.42. The van der Waals surface area contributed by atoms with Gasteiger partial charge in [-0.25, -0.2) is 0 Å². The molecule has 2 N–H and O–H groups in total. The lowest BCUT2D eigenvalue weighted by Crippen LogP contribution is -2.37. The van der Waals surface area contributed by atoms with E-state index in [1.807, 2.05) is 12.1 Å². The van der Waals surface area contributed by atoms with Crippen LogP contribution in [0.4, 0.5) is 0 Å². The molecule has 118 valence electrons. The summed E-state index contributed by atoms with van der Waals surface area (Å²) in [6.07, 6.45) is 2.09. The normalized spacial score (nSPS) is 18.5. The first-order chi connectivity index (χ1) is 9.91. The molecule has 1 aromatic rings. The van der Waals surface area contributed by atoms with Crippen molar-refractivity contribution < 1.29 is 9.84 Å². The molecule has 0 aromatic heterocycles. The zero-order chi connectivity index (χ0) is 15.5. The average Bonchev–Trinajstić information content (AvgIpc) is 3.27. The third kappa shape index (κ3) is 4.80. The van der Waals surface area contributed by atoms with Crippen LogP contribution in [0.1, 0.15) is 50.8 Å². The van der Waals surface area contributed by atoms with Gasteiger partial charge in [0.1, 0.15) is 0 Å². The van der Waals surface area contributed by atoms with Gasteiger partial charge in [0, 0.05) is 19.7 Å². The largest absolute Gasteiger partial charge is 0.387 e. The molecule has 0 aliphatic heterocycles. The predicted molar refractivity (Wildman–Crippen MR) is 86.5 cm³/mol. The van der Waals surface area contributed by atoms with E-state index in [-0.39, 0.29) is 5.41 Å². The second kappa shape index (κ2) is 6.91. The van der Waals surface area contributed by atoms with Crippen LogP contribution in [0.15, 0.2) is 24.3 Å². The number of hydrogen-bond donors (Lipinski definition) is 2. The Balaban J connectivity index is 1.89. The second-order valence-corrected chi connectivity index (χ2v) is 7.20. The second-order valence-electron chi connectivity index (χ2n) is 7.20. The van der Waals surface area contributed by atoms with Crippen LogP contribution in [0.3, 0.4) is 0 Å². The van der Waals surface area contributed by atoms with Crippen molar-refractivity contribution >= 4 is 0 Å². The number of rotatable bonds is 7. The highest BCUT2D eigenvalue weighted by Crippen LogP contribution is 2.33. The summed E-state index contributed by atoms with van der Waals surface area (Å²) < 4.78 is 5.25. The molecule has 2 atom stereocenters. The highest BCUT2D eigenvalue weighted by molar-refractivity contribution is 5.28. The zero-order valence-electron chi connectivity index (χ0n) is 13.7. The van der Waals surface area contributed by atoms with Gasteiger partial charge in [-0.2, -0.15) is 0 Å². The SMILES string of the molecule is COCC(NCC(O)c1ccc(C(C)(C)C)cc1)C1CC1. The van der Waals surface area contributed by atoms with Gasteiger partial charge >= 0.3 is 0 Å². The number of aliphatic hydroxyl groups is 1. The first-order valence-electron chi connectivity index (χ1n) is 7.92. The third-order valence-corrected chi connectivity index (χ3v) is 4.27. The van der Waals surface area contributed by atoms with Crippen molar-refractivity contribution in [1.29, 1.82) is 0 Å². The van der Waals surface area contributed by atoms with Gasteiger partial charge in [-0.15, -0.1) is 0 Å². The Labute approximate surface area is 128 Å². The van der Waals surface area contributed by atoms with E-state index in [1.165, 1.54) is 18.4 Å².